The van der Waals surface area contributed by atoms with Crippen LogP contribution in [-0.4, -0.2) is 55.5 Å². The lowest BCUT2D eigenvalue weighted by Crippen LogP contribution is -2.48. The number of likely N-dealkylation sites (N-methyl/N-ethyl adjacent to an activating group) is 1. The number of nitrogens with two attached hydrogens (primary N) is 1. The van der Waals surface area contributed by atoms with Gasteiger partial charge in [-0.1, -0.05) is 30.3 Å². The molecule has 1 amide bonds. The van der Waals surface area contributed by atoms with Crippen LogP contribution in [0.1, 0.15) is 24.3 Å². The fourth-order valence-corrected chi connectivity index (χ4v) is 3.00. The van der Waals surface area contributed by atoms with Gasteiger partial charge in [0.2, 0.25) is 5.91 Å². The molecule has 1 aromatic rings. The Morgan fingerprint density at radius 1 is 1.43 bits per heavy atom. The van der Waals surface area contributed by atoms with Crippen LogP contribution in [0, 0.1) is 0 Å². The molecule has 2 rings (SSSR count). The minimum Gasteiger partial charge on any atom is -0.305 e. The Morgan fingerprint density at radius 2 is 2.14 bits per heavy atom. The Morgan fingerprint density at radius 3 is 2.76 bits per heavy atom. The van der Waals surface area contributed by atoms with Crippen molar-refractivity contribution in [1.82, 2.24) is 15.2 Å². The second kappa shape index (κ2) is 7.54. The number of nitrogens with zero attached hydrogens (tertiary/aromatic N) is 2. The number of amides is 1. The number of hydrogen-bond donors (Lipinski definition) is 2. The van der Waals surface area contributed by atoms with Crippen LogP contribution in [0.3, 0.4) is 0 Å². The number of benzene rings is 1. The standard InChI is InChI=1S/C16H26N4O/c1-19(2)14-9-6-10-20(11-14)12-15(16(21)18-17)13-7-4-3-5-8-13/h3-5,7-8,14-15H,6,9-12,17H2,1-2H3,(H,18,21). The monoisotopic (exact) mass is 290 g/mol. The Labute approximate surface area is 127 Å². The molecule has 5 nitrogen and oxygen atoms in total. The van der Waals surface area contributed by atoms with Gasteiger partial charge in [-0.2, -0.15) is 0 Å². The lowest BCUT2D eigenvalue weighted by atomic mass is 9.96. The summed E-state index contributed by atoms with van der Waals surface area (Å²) in [6, 6.07) is 10.4. The number of nitrogens with one attached hydrogen (secondary N) is 1. The van der Waals surface area contributed by atoms with Gasteiger partial charge in [0, 0.05) is 19.1 Å². The van der Waals surface area contributed by atoms with Crippen molar-refractivity contribution in [3.05, 3.63) is 35.9 Å². The first-order chi connectivity index (χ1) is 10.1. The van der Waals surface area contributed by atoms with Crippen molar-refractivity contribution in [3.8, 4) is 0 Å². The molecule has 1 aliphatic rings. The number of rotatable bonds is 5. The van der Waals surface area contributed by atoms with E-state index in [1.807, 2.05) is 30.3 Å². The van der Waals surface area contributed by atoms with E-state index in [1.54, 1.807) is 0 Å². The number of hydrazine groups is 1. The molecule has 1 saturated heterocycles. The SMILES string of the molecule is CN(C)C1CCCN(CC(C(=O)NN)c2ccccc2)C1. The molecule has 5 heteroatoms. The van der Waals surface area contributed by atoms with Crippen molar-refractivity contribution < 1.29 is 4.79 Å². The van der Waals surface area contributed by atoms with Gasteiger partial charge in [0.1, 0.15) is 0 Å². The van der Waals surface area contributed by atoms with Crippen molar-refractivity contribution >= 4 is 5.91 Å². The van der Waals surface area contributed by atoms with Crippen LogP contribution < -0.4 is 11.3 Å². The third-order valence-electron chi connectivity index (χ3n) is 4.31. The molecule has 0 aliphatic carbocycles. The van der Waals surface area contributed by atoms with Gasteiger partial charge >= 0.3 is 0 Å². The normalized spacial score (nSPS) is 21.2. The van der Waals surface area contributed by atoms with E-state index in [9.17, 15) is 4.79 Å². The molecule has 0 saturated carbocycles. The molecule has 116 valence electrons. The molecule has 0 spiro atoms. The average Bonchev–Trinajstić information content (AvgIpc) is 2.53. The highest BCUT2D eigenvalue weighted by molar-refractivity contribution is 5.83. The highest BCUT2D eigenvalue weighted by Gasteiger charge is 2.27. The molecule has 1 aromatic carbocycles. The lowest BCUT2D eigenvalue weighted by molar-refractivity contribution is -0.123. The highest BCUT2D eigenvalue weighted by Crippen LogP contribution is 2.21. The number of carbonyl (C=O) groups excluding carboxylic acids is 1. The van der Waals surface area contributed by atoms with Crippen LogP contribution >= 0.6 is 0 Å². The van der Waals surface area contributed by atoms with Gasteiger partial charge in [-0.25, -0.2) is 5.84 Å². The van der Waals surface area contributed by atoms with Crippen LogP contribution in [0.2, 0.25) is 0 Å². The fourth-order valence-electron chi connectivity index (χ4n) is 3.00. The molecule has 0 bridgehead atoms. The van der Waals surface area contributed by atoms with Crippen LogP contribution in [0.5, 0.6) is 0 Å². The number of piperidine rings is 1. The minimum absolute atomic E-state index is 0.117. The molecule has 0 aromatic heterocycles. The second-order valence-electron chi connectivity index (χ2n) is 5.99. The van der Waals surface area contributed by atoms with E-state index in [4.69, 9.17) is 5.84 Å². The Bertz CT molecular complexity index is 449. The maximum atomic E-state index is 12.1. The van der Waals surface area contributed by atoms with E-state index in [-0.39, 0.29) is 11.8 Å². The molecule has 0 radical (unpaired) electrons. The van der Waals surface area contributed by atoms with Crippen molar-refractivity contribution in [2.45, 2.75) is 24.8 Å². The van der Waals surface area contributed by atoms with Crippen molar-refractivity contribution in [2.24, 2.45) is 5.84 Å². The van der Waals surface area contributed by atoms with Gasteiger partial charge in [0.05, 0.1) is 5.92 Å². The Balaban J connectivity index is 2.07. The van der Waals surface area contributed by atoms with Gasteiger partial charge in [-0.15, -0.1) is 0 Å². The third kappa shape index (κ3) is 4.27. The van der Waals surface area contributed by atoms with E-state index in [1.165, 1.54) is 12.8 Å². The summed E-state index contributed by atoms with van der Waals surface area (Å²) in [5, 5.41) is 0. The predicted molar refractivity (Wildman–Crippen MR) is 84.7 cm³/mol. The summed E-state index contributed by atoms with van der Waals surface area (Å²) in [5.74, 6) is 5.04. The van der Waals surface area contributed by atoms with Gasteiger partial charge in [-0.3, -0.25) is 10.2 Å². The summed E-state index contributed by atoms with van der Waals surface area (Å²) in [6.45, 7) is 2.77. The first kappa shape index (κ1) is 15.9. The van der Waals surface area contributed by atoms with Crippen LogP contribution in [0.4, 0.5) is 0 Å². The third-order valence-corrected chi connectivity index (χ3v) is 4.31. The van der Waals surface area contributed by atoms with Gasteiger partial charge in [0.15, 0.2) is 0 Å². The quantitative estimate of drug-likeness (QED) is 0.478. The lowest BCUT2D eigenvalue weighted by Gasteiger charge is -2.37. The smallest absolute Gasteiger partial charge is 0.242 e. The minimum atomic E-state index is -0.211. The fraction of sp³-hybridized carbons (Fsp3) is 0.562. The number of carbonyl (C=O) groups is 1. The summed E-state index contributed by atoms with van der Waals surface area (Å²) in [6.07, 6.45) is 2.40. The van der Waals surface area contributed by atoms with E-state index < -0.39 is 0 Å². The molecular formula is C16H26N4O. The summed E-state index contributed by atoms with van der Waals surface area (Å²) < 4.78 is 0. The van der Waals surface area contributed by atoms with E-state index in [0.717, 1.165) is 25.2 Å². The highest BCUT2D eigenvalue weighted by atomic mass is 16.2. The van der Waals surface area contributed by atoms with Crippen LogP contribution in [0.25, 0.3) is 0 Å². The van der Waals surface area contributed by atoms with Crippen molar-refractivity contribution in [3.63, 3.8) is 0 Å². The summed E-state index contributed by atoms with van der Waals surface area (Å²) in [4.78, 5) is 16.8. The van der Waals surface area contributed by atoms with Gasteiger partial charge in [0.25, 0.3) is 0 Å². The average molecular weight is 290 g/mol. The van der Waals surface area contributed by atoms with Crippen molar-refractivity contribution in [2.75, 3.05) is 33.7 Å². The zero-order valence-corrected chi connectivity index (χ0v) is 13.0. The molecule has 2 atom stereocenters. The van der Waals surface area contributed by atoms with Gasteiger partial charge in [-0.05, 0) is 39.0 Å². The largest absolute Gasteiger partial charge is 0.305 e. The summed E-state index contributed by atoms with van der Waals surface area (Å²) >= 11 is 0. The second-order valence-corrected chi connectivity index (χ2v) is 5.99. The molecule has 2 unspecified atom stereocenters. The van der Waals surface area contributed by atoms with E-state index in [0.29, 0.717) is 6.04 Å². The molecular weight excluding hydrogens is 264 g/mol. The number of hydrogen-bond acceptors (Lipinski definition) is 4. The van der Waals surface area contributed by atoms with E-state index >= 15 is 0 Å². The maximum absolute atomic E-state index is 12.1. The maximum Gasteiger partial charge on any atom is 0.242 e. The first-order valence-electron chi connectivity index (χ1n) is 7.56. The zero-order valence-electron chi connectivity index (χ0n) is 13.0. The molecule has 1 aliphatic heterocycles. The Hall–Kier alpha value is -1.43. The van der Waals surface area contributed by atoms with Crippen molar-refractivity contribution in [1.29, 1.82) is 0 Å². The van der Waals surface area contributed by atoms with Crippen LogP contribution in [-0.2, 0) is 4.79 Å². The zero-order chi connectivity index (χ0) is 15.2. The van der Waals surface area contributed by atoms with E-state index in [2.05, 4.69) is 29.3 Å². The molecule has 21 heavy (non-hydrogen) atoms. The first-order valence-corrected chi connectivity index (χ1v) is 7.56. The number of likely N-dealkylation sites (tertiary alicyclic amines) is 1. The summed E-state index contributed by atoms with van der Waals surface area (Å²) in [5.41, 5.74) is 3.33. The Kier molecular flexibility index (Phi) is 5.73. The summed E-state index contributed by atoms with van der Waals surface area (Å²) in [7, 11) is 4.24. The molecule has 1 heterocycles. The molecule has 1 fully saturated rings. The predicted octanol–water partition coefficient (Wildman–Crippen LogP) is 0.786. The topological polar surface area (TPSA) is 61.6 Å². The van der Waals surface area contributed by atoms with Crippen LogP contribution in [0.15, 0.2) is 30.3 Å². The van der Waals surface area contributed by atoms with Gasteiger partial charge < -0.3 is 9.80 Å². The molecule has 3 N–H and O–H groups in total.